The molecule has 16 aromatic carbocycles. The highest BCUT2D eigenvalue weighted by Gasteiger charge is 2.24. The molecule has 0 aliphatic rings. The molecular weight excluding hydrogens is 1310 g/mol. The maximum Gasteiger partial charge on any atom is 0.164 e. The molecular formula is C94H57ClN8O2. The first kappa shape index (κ1) is 61.0. The lowest BCUT2D eigenvalue weighted by Crippen LogP contribution is -2.01. The zero-order valence-electron chi connectivity index (χ0n) is 56.2. The Bertz CT molecular complexity index is 6880. The molecule has 11 heteroatoms. The van der Waals surface area contributed by atoms with Crippen molar-refractivity contribution in [1.29, 1.82) is 0 Å². The largest absolute Gasteiger partial charge is 0.456 e. The Kier molecular flexibility index (Phi) is 14.7. The number of H-pyrrole nitrogens is 1. The third-order valence-electron chi connectivity index (χ3n) is 19.9. The van der Waals surface area contributed by atoms with Gasteiger partial charge in [0.05, 0.1) is 16.7 Å². The Morgan fingerprint density at radius 3 is 0.943 bits per heavy atom. The third kappa shape index (κ3) is 11.0. The van der Waals surface area contributed by atoms with Gasteiger partial charge >= 0.3 is 0 Å². The van der Waals surface area contributed by atoms with E-state index in [1.165, 1.54) is 75.7 Å². The van der Waals surface area contributed by atoms with Crippen LogP contribution >= 0.6 is 11.6 Å². The van der Waals surface area contributed by atoms with E-state index in [1.54, 1.807) is 0 Å². The number of nitrogens with zero attached hydrogens (tertiary/aromatic N) is 7. The number of hydrogen-bond donors (Lipinski definition) is 1. The molecule has 6 aromatic heterocycles. The molecule has 0 atom stereocenters. The molecule has 492 valence electrons. The van der Waals surface area contributed by atoms with Crippen LogP contribution < -0.4 is 0 Å². The number of halogens is 1. The summed E-state index contributed by atoms with van der Waals surface area (Å²) in [5.74, 6) is 3.58. The van der Waals surface area contributed by atoms with Gasteiger partial charge in [0, 0.05) is 105 Å². The van der Waals surface area contributed by atoms with Crippen molar-refractivity contribution in [3.05, 3.63) is 345 Å². The van der Waals surface area contributed by atoms with E-state index in [4.69, 9.17) is 50.3 Å². The molecule has 0 saturated carbocycles. The van der Waals surface area contributed by atoms with Crippen molar-refractivity contribution in [2.24, 2.45) is 0 Å². The molecule has 1 N–H and O–H groups in total. The maximum absolute atomic E-state index is 6.66. The van der Waals surface area contributed by atoms with E-state index in [0.29, 0.717) is 45.6 Å². The molecule has 0 spiro atoms. The van der Waals surface area contributed by atoms with Gasteiger partial charge in [-0.05, 0) is 116 Å². The maximum atomic E-state index is 6.66. The van der Waals surface area contributed by atoms with E-state index < -0.39 is 0 Å². The fourth-order valence-corrected chi connectivity index (χ4v) is 15.2. The molecule has 10 nitrogen and oxygen atoms in total. The van der Waals surface area contributed by atoms with Crippen LogP contribution in [-0.2, 0) is 0 Å². The van der Waals surface area contributed by atoms with Crippen LogP contribution in [0.5, 0.6) is 0 Å². The zero-order valence-corrected chi connectivity index (χ0v) is 56.9. The van der Waals surface area contributed by atoms with E-state index in [0.717, 1.165) is 88.4 Å². The van der Waals surface area contributed by atoms with Crippen molar-refractivity contribution < 1.29 is 8.83 Å². The lowest BCUT2D eigenvalue weighted by molar-refractivity contribution is 0.668. The van der Waals surface area contributed by atoms with Crippen molar-refractivity contribution in [3.8, 4) is 74.0 Å². The first-order valence-corrected chi connectivity index (χ1v) is 35.3. The van der Waals surface area contributed by atoms with Crippen LogP contribution in [0.3, 0.4) is 0 Å². The lowest BCUT2D eigenvalue weighted by Gasteiger charge is -2.13. The molecule has 105 heavy (non-hydrogen) atoms. The second kappa shape index (κ2) is 25.3. The van der Waals surface area contributed by atoms with E-state index >= 15 is 0 Å². The molecule has 0 fully saturated rings. The number of fused-ring (bicyclic) bond motifs is 16. The van der Waals surface area contributed by atoms with E-state index in [-0.39, 0.29) is 0 Å². The highest BCUT2D eigenvalue weighted by molar-refractivity contribution is 6.32. The van der Waals surface area contributed by atoms with Gasteiger partial charge in [-0.3, -0.25) is 0 Å². The van der Waals surface area contributed by atoms with Crippen molar-refractivity contribution in [3.63, 3.8) is 0 Å². The van der Waals surface area contributed by atoms with E-state index in [1.807, 2.05) is 170 Å². The van der Waals surface area contributed by atoms with Crippen molar-refractivity contribution in [1.82, 2.24) is 39.5 Å². The molecule has 0 bridgehead atoms. The van der Waals surface area contributed by atoms with Crippen LogP contribution in [0.4, 0.5) is 0 Å². The SMILES string of the molecule is Clc1cc(-c2nc(-c3ccccc3)nc(-c3ccccc3)n2)c2c(c1)oc1ccccc12.c1ccc(-c2nc(-c3ccccc3)nc(-c3cc(-n4c5cc6ccccc6cc5c5cc6ccccc6cc54)cc4oc5ccccc5c34)n2)cc1.c1ccc2cc3c(cc2c1)[nH]c1cc2ccccc2cc13. The Labute approximate surface area is 605 Å². The van der Waals surface area contributed by atoms with Gasteiger partial charge in [0.25, 0.3) is 0 Å². The number of nitrogens with one attached hydrogen (secondary N) is 1. The van der Waals surface area contributed by atoms with E-state index in [2.05, 4.69) is 179 Å². The summed E-state index contributed by atoms with van der Waals surface area (Å²) in [5, 5.41) is 19.4. The van der Waals surface area contributed by atoms with Gasteiger partial charge in [0.1, 0.15) is 22.3 Å². The lowest BCUT2D eigenvalue weighted by atomic mass is 10.0. The number of aromatic nitrogens is 8. The molecule has 0 radical (unpaired) electrons. The Balaban J connectivity index is 0.000000117. The van der Waals surface area contributed by atoms with Crippen LogP contribution in [-0.4, -0.2) is 39.5 Å². The van der Waals surface area contributed by atoms with Crippen LogP contribution in [0.25, 0.3) is 205 Å². The second-order valence-electron chi connectivity index (χ2n) is 26.3. The second-order valence-corrected chi connectivity index (χ2v) is 26.8. The monoisotopic (exact) mass is 1360 g/mol. The minimum absolute atomic E-state index is 0.553. The summed E-state index contributed by atoms with van der Waals surface area (Å²) in [5.41, 5.74) is 14.1. The average molecular weight is 1370 g/mol. The molecule has 6 heterocycles. The zero-order chi connectivity index (χ0) is 69.5. The fourth-order valence-electron chi connectivity index (χ4n) is 14.9. The molecule has 0 aliphatic heterocycles. The smallest absolute Gasteiger partial charge is 0.164 e. The first-order chi connectivity index (χ1) is 51.9. The van der Waals surface area contributed by atoms with Gasteiger partial charge in [-0.25, -0.2) is 29.9 Å². The summed E-state index contributed by atoms with van der Waals surface area (Å²) >= 11 is 6.48. The van der Waals surface area contributed by atoms with Crippen LogP contribution in [0.15, 0.2) is 349 Å². The van der Waals surface area contributed by atoms with Crippen LogP contribution in [0.1, 0.15) is 0 Å². The average Bonchev–Trinajstić information content (AvgIpc) is 1.53. The Hall–Kier alpha value is -13.9. The van der Waals surface area contributed by atoms with Gasteiger partial charge in [-0.1, -0.05) is 266 Å². The first-order valence-electron chi connectivity index (χ1n) is 34.9. The van der Waals surface area contributed by atoms with Gasteiger partial charge in [-0.2, -0.15) is 0 Å². The van der Waals surface area contributed by atoms with Crippen molar-refractivity contribution in [2.45, 2.75) is 0 Å². The van der Waals surface area contributed by atoms with Gasteiger partial charge in [0.15, 0.2) is 34.9 Å². The minimum Gasteiger partial charge on any atom is -0.456 e. The number of rotatable bonds is 7. The summed E-state index contributed by atoms with van der Waals surface area (Å²) in [6.45, 7) is 0. The predicted molar refractivity (Wildman–Crippen MR) is 432 cm³/mol. The molecule has 0 aliphatic carbocycles. The van der Waals surface area contributed by atoms with Crippen molar-refractivity contribution in [2.75, 3.05) is 0 Å². The van der Waals surface area contributed by atoms with Crippen LogP contribution in [0, 0.1) is 0 Å². The normalized spacial score (nSPS) is 11.7. The molecule has 22 rings (SSSR count). The summed E-state index contributed by atoms with van der Waals surface area (Å²) in [6.07, 6.45) is 0. The highest BCUT2D eigenvalue weighted by Crippen LogP contribution is 2.44. The molecule has 0 unspecified atom stereocenters. The third-order valence-corrected chi connectivity index (χ3v) is 20.1. The van der Waals surface area contributed by atoms with Gasteiger partial charge in [0.2, 0.25) is 0 Å². The minimum atomic E-state index is 0.553. The standard InChI is InChI=1S/C47H28N4O.C27H16ClN3O.C20H13N/c1-3-13-29(14-4-1)45-48-46(30-15-5-2-6-16-30)50-47(49-45)39-27-35(28-43-44(39)36-21-11-12-22-42(36)52-43)51-40-25-33-19-9-7-17-31(33)23-37(40)38-24-32-18-8-10-20-34(32)26-41(38)51;28-19-15-21(24-20-13-7-8-14-22(20)32-23(24)16-19)27-30-25(17-9-3-1-4-10-17)29-26(31-27)18-11-5-2-6-12-18;1-3-7-15-11-19-17(9-13(15)5-1)18-10-14-6-2-4-8-16(14)12-20(18)21-19/h1-28H;1-16H;1-12,21H. The van der Waals surface area contributed by atoms with Gasteiger partial charge in [-0.15, -0.1) is 0 Å². The molecule has 0 saturated heterocycles. The quantitative estimate of drug-likeness (QED) is 0.167. The predicted octanol–water partition coefficient (Wildman–Crippen LogP) is 25.2. The summed E-state index contributed by atoms with van der Waals surface area (Å²) < 4.78 is 15.1. The molecule has 22 aromatic rings. The van der Waals surface area contributed by atoms with Crippen molar-refractivity contribution >= 4 is 142 Å². The summed E-state index contributed by atoms with van der Waals surface area (Å²) in [4.78, 5) is 33.4. The Morgan fingerprint density at radius 1 is 0.248 bits per heavy atom. The fraction of sp³-hybridized carbons (Fsp3) is 0. The number of benzene rings is 16. The number of furan rings is 2. The van der Waals surface area contributed by atoms with E-state index in [9.17, 15) is 0 Å². The number of hydrogen-bond acceptors (Lipinski definition) is 8. The summed E-state index contributed by atoms with van der Waals surface area (Å²) in [7, 11) is 0. The van der Waals surface area contributed by atoms with Crippen LogP contribution in [0.2, 0.25) is 5.02 Å². The summed E-state index contributed by atoms with van der Waals surface area (Å²) in [6, 6.07) is 117. The molecule has 0 amide bonds. The Morgan fingerprint density at radius 2 is 0.552 bits per heavy atom. The van der Waals surface area contributed by atoms with Gasteiger partial charge < -0.3 is 18.4 Å². The highest BCUT2D eigenvalue weighted by atomic mass is 35.5. The number of aromatic amines is 1. The number of para-hydroxylation sites is 2. The topological polar surface area (TPSA) is 124 Å².